The number of para-hydroxylation sites is 2. The number of amides is 3. The van der Waals surface area contributed by atoms with Gasteiger partial charge in [0.1, 0.15) is 5.60 Å². The van der Waals surface area contributed by atoms with Crippen molar-refractivity contribution >= 4 is 29.3 Å². The highest BCUT2D eigenvalue weighted by Gasteiger charge is 2.41. The zero-order valence-corrected chi connectivity index (χ0v) is 18.8. The number of nitrogens with zero attached hydrogens (tertiary/aromatic N) is 2. The van der Waals surface area contributed by atoms with Gasteiger partial charge in [-0.3, -0.25) is 19.7 Å². The highest BCUT2D eigenvalue weighted by Crippen LogP contribution is 2.39. The minimum Gasteiger partial charge on any atom is -0.443 e. The Hall–Kier alpha value is -3.75. The number of benzene rings is 2. The van der Waals surface area contributed by atoms with Crippen LogP contribution in [0.15, 0.2) is 54.6 Å². The Labute approximate surface area is 191 Å². The van der Waals surface area contributed by atoms with Crippen molar-refractivity contribution in [1.82, 2.24) is 0 Å². The van der Waals surface area contributed by atoms with Gasteiger partial charge in [0.05, 0.1) is 17.5 Å². The van der Waals surface area contributed by atoms with Gasteiger partial charge in [-0.2, -0.15) is 0 Å². The molecular weight excluding hydrogens is 426 g/mol. The fourth-order valence-electron chi connectivity index (χ4n) is 3.91. The van der Waals surface area contributed by atoms with Crippen LogP contribution in [0.3, 0.4) is 0 Å². The van der Waals surface area contributed by atoms with Crippen molar-refractivity contribution in [3.8, 4) is 0 Å². The van der Waals surface area contributed by atoms with Gasteiger partial charge in [0.25, 0.3) is 0 Å². The van der Waals surface area contributed by atoms with E-state index in [-0.39, 0.29) is 18.5 Å². The lowest BCUT2D eigenvalue weighted by atomic mass is 9.80. The van der Waals surface area contributed by atoms with E-state index < -0.39 is 46.8 Å². The van der Waals surface area contributed by atoms with E-state index in [1.165, 1.54) is 0 Å². The molecule has 0 unspecified atom stereocenters. The first kappa shape index (κ1) is 23.9. The quantitative estimate of drug-likeness (QED) is 0.543. The van der Waals surface area contributed by atoms with Crippen molar-refractivity contribution in [2.45, 2.75) is 45.1 Å². The SMILES string of the molecule is CC(C)(C)OC(=O)N1C(=O)CC[C@H](C(=O)Nc2ccccc2)[C@@H](C[N+](=O)[O-])c2ccccc21. The molecule has 9 heteroatoms. The van der Waals surface area contributed by atoms with Crippen LogP contribution in [0.4, 0.5) is 16.2 Å². The van der Waals surface area contributed by atoms with Crippen molar-refractivity contribution in [3.63, 3.8) is 0 Å². The third-order valence-corrected chi connectivity index (χ3v) is 5.28. The average Bonchev–Trinajstić information content (AvgIpc) is 2.72. The number of carbonyl (C=O) groups is 3. The van der Waals surface area contributed by atoms with Gasteiger partial charge < -0.3 is 10.1 Å². The minimum absolute atomic E-state index is 0.0453. The first-order chi connectivity index (χ1) is 15.6. The summed E-state index contributed by atoms with van der Waals surface area (Å²) in [6.07, 6.45) is -0.954. The van der Waals surface area contributed by atoms with Crippen LogP contribution < -0.4 is 10.2 Å². The molecule has 0 aromatic heterocycles. The Morgan fingerprint density at radius 1 is 1.12 bits per heavy atom. The predicted octanol–water partition coefficient (Wildman–Crippen LogP) is 4.36. The Morgan fingerprint density at radius 2 is 1.76 bits per heavy atom. The van der Waals surface area contributed by atoms with Gasteiger partial charge in [-0.05, 0) is 51.0 Å². The lowest BCUT2D eigenvalue weighted by Gasteiger charge is -2.33. The first-order valence-electron chi connectivity index (χ1n) is 10.7. The lowest BCUT2D eigenvalue weighted by Crippen LogP contribution is -2.44. The van der Waals surface area contributed by atoms with Gasteiger partial charge in [-0.25, -0.2) is 9.69 Å². The number of nitrogens with one attached hydrogen (secondary N) is 1. The number of hydrogen-bond donors (Lipinski definition) is 1. The van der Waals surface area contributed by atoms with E-state index in [0.29, 0.717) is 11.3 Å². The van der Waals surface area contributed by atoms with Gasteiger partial charge in [0.15, 0.2) is 0 Å². The van der Waals surface area contributed by atoms with Crippen LogP contribution in [-0.4, -0.2) is 35.0 Å². The highest BCUT2D eigenvalue weighted by molar-refractivity contribution is 6.13. The van der Waals surface area contributed by atoms with Crippen molar-refractivity contribution in [2.24, 2.45) is 5.92 Å². The molecule has 0 bridgehead atoms. The van der Waals surface area contributed by atoms with Crippen LogP contribution in [0.25, 0.3) is 0 Å². The Bertz CT molecular complexity index is 1050. The summed E-state index contributed by atoms with van der Waals surface area (Å²) < 4.78 is 5.42. The number of anilines is 2. The van der Waals surface area contributed by atoms with Crippen LogP contribution in [0.1, 0.15) is 45.1 Å². The van der Waals surface area contributed by atoms with Gasteiger partial charge in [-0.1, -0.05) is 36.4 Å². The minimum atomic E-state index is -0.855. The molecule has 0 radical (unpaired) electrons. The monoisotopic (exact) mass is 453 g/mol. The molecule has 0 saturated heterocycles. The smallest absolute Gasteiger partial charge is 0.421 e. The van der Waals surface area contributed by atoms with Crippen molar-refractivity contribution in [3.05, 3.63) is 70.3 Å². The molecule has 33 heavy (non-hydrogen) atoms. The van der Waals surface area contributed by atoms with Crippen molar-refractivity contribution < 1.29 is 24.0 Å². The summed E-state index contributed by atoms with van der Waals surface area (Å²) in [6.45, 7) is 4.53. The van der Waals surface area contributed by atoms with E-state index in [1.54, 1.807) is 75.4 Å². The molecule has 0 aliphatic carbocycles. The summed E-state index contributed by atoms with van der Waals surface area (Å²) in [5.74, 6) is -2.64. The molecule has 3 amide bonds. The molecule has 0 saturated carbocycles. The molecule has 2 atom stereocenters. The third-order valence-electron chi connectivity index (χ3n) is 5.28. The summed E-state index contributed by atoms with van der Waals surface area (Å²) in [7, 11) is 0. The number of ether oxygens (including phenoxy) is 1. The van der Waals surface area contributed by atoms with Crippen LogP contribution in [0, 0.1) is 16.0 Å². The topological polar surface area (TPSA) is 119 Å². The maximum absolute atomic E-state index is 13.2. The second-order valence-electron chi connectivity index (χ2n) is 8.89. The highest BCUT2D eigenvalue weighted by atomic mass is 16.6. The molecular formula is C24H27N3O6. The normalized spacial score (nSPS) is 18.5. The Balaban J connectivity index is 2.05. The number of hydrogen-bond acceptors (Lipinski definition) is 6. The zero-order chi connectivity index (χ0) is 24.2. The lowest BCUT2D eigenvalue weighted by molar-refractivity contribution is -0.484. The molecule has 0 spiro atoms. The molecule has 0 fully saturated rings. The van der Waals surface area contributed by atoms with E-state index in [1.807, 2.05) is 0 Å². The van der Waals surface area contributed by atoms with Crippen LogP contribution in [0.5, 0.6) is 0 Å². The third kappa shape index (κ3) is 5.94. The van der Waals surface area contributed by atoms with Gasteiger partial charge >= 0.3 is 6.09 Å². The number of rotatable bonds is 4. The summed E-state index contributed by atoms with van der Waals surface area (Å²) in [5.41, 5.74) is 0.286. The van der Waals surface area contributed by atoms with E-state index in [2.05, 4.69) is 5.32 Å². The van der Waals surface area contributed by atoms with Gasteiger partial charge in [0.2, 0.25) is 18.4 Å². The van der Waals surface area contributed by atoms with Crippen LogP contribution in [0.2, 0.25) is 0 Å². The molecule has 1 N–H and O–H groups in total. The van der Waals surface area contributed by atoms with Crippen LogP contribution >= 0.6 is 0 Å². The van der Waals surface area contributed by atoms with Crippen molar-refractivity contribution in [1.29, 1.82) is 0 Å². The molecule has 1 aliphatic rings. The van der Waals surface area contributed by atoms with E-state index in [4.69, 9.17) is 4.74 Å². The molecule has 174 valence electrons. The summed E-state index contributed by atoms with van der Waals surface area (Å²) >= 11 is 0. The molecule has 1 aliphatic heterocycles. The number of fused-ring (bicyclic) bond motifs is 1. The van der Waals surface area contributed by atoms with E-state index in [9.17, 15) is 24.5 Å². The molecule has 2 aromatic rings. The van der Waals surface area contributed by atoms with Gasteiger partial charge in [-0.15, -0.1) is 0 Å². The Kier molecular flexibility index (Phi) is 7.10. The zero-order valence-electron chi connectivity index (χ0n) is 18.8. The summed E-state index contributed by atoms with van der Waals surface area (Å²) in [5, 5.41) is 14.4. The predicted molar refractivity (Wildman–Crippen MR) is 123 cm³/mol. The molecule has 2 aromatic carbocycles. The van der Waals surface area contributed by atoms with Crippen LogP contribution in [-0.2, 0) is 14.3 Å². The largest absolute Gasteiger partial charge is 0.443 e. The standard InChI is InChI=1S/C24H27N3O6/c1-24(2,3)33-23(30)27-20-12-8-7-11-17(20)19(15-26(31)32)18(13-14-21(27)28)22(29)25-16-9-5-4-6-10-16/h4-12,18-19H,13-15H2,1-3H3,(H,25,29)/t18-,19-/m0/s1. The van der Waals surface area contributed by atoms with E-state index >= 15 is 0 Å². The second-order valence-corrected chi connectivity index (χ2v) is 8.89. The second kappa shape index (κ2) is 9.81. The number of imide groups is 1. The molecule has 9 nitrogen and oxygen atoms in total. The van der Waals surface area contributed by atoms with E-state index in [0.717, 1.165) is 4.90 Å². The molecule has 3 rings (SSSR count). The Morgan fingerprint density at radius 3 is 2.39 bits per heavy atom. The number of nitro groups is 1. The maximum atomic E-state index is 13.2. The average molecular weight is 453 g/mol. The molecule has 1 heterocycles. The maximum Gasteiger partial charge on any atom is 0.421 e. The summed E-state index contributed by atoms with van der Waals surface area (Å²) in [6, 6.07) is 15.2. The number of carbonyl (C=O) groups excluding carboxylic acids is 3. The fraction of sp³-hybridized carbons (Fsp3) is 0.375. The van der Waals surface area contributed by atoms with Crippen molar-refractivity contribution in [2.75, 3.05) is 16.8 Å². The first-order valence-corrected chi connectivity index (χ1v) is 10.7. The van der Waals surface area contributed by atoms with Gasteiger partial charge in [0, 0.05) is 17.0 Å². The fourth-order valence-corrected chi connectivity index (χ4v) is 3.91. The summed E-state index contributed by atoms with van der Waals surface area (Å²) in [4.78, 5) is 51.2.